The summed E-state index contributed by atoms with van der Waals surface area (Å²) in [5.74, 6) is 2.09. The van der Waals surface area contributed by atoms with E-state index in [-0.39, 0.29) is 12.1 Å². The number of benzene rings is 1. The lowest BCUT2D eigenvalue weighted by Gasteiger charge is -2.30. The van der Waals surface area contributed by atoms with Gasteiger partial charge in [0.2, 0.25) is 0 Å². The van der Waals surface area contributed by atoms with Crippen molar-refractivity contribution in [3.63, 3.8) is 0 Å². The lowest BCUT2D eigenvalue weighted by Crippen LogP contribution is -2.23. The zero-order chi connectivity index (χ0) is 16.7. The van der Waals surface area contributed by atoms with Crippen molar-refractivity contribution in [1.29, 1.82) is 0 Å². The largest absolute Gasteiger partial charge is 0.484 e. The van der Waals surface area contributed by atoms with Crippen molar-refractivity contribution in [1.82, 2.24) is 14.6 Å². The Kier molecular flexibility index (Phi) is 3.73. The number of rotatable bonds is 3. The second-order valence-corrected chi connectivity index (χ2v) is 6.73. The molecule has 0 aliphatic heterocycles. The first-order valence-electron chi connectivity index (χ1n) is 8.49. The number of ether oxygens (including phenoxy) is 1. The molecule has 4 rings (SSSR count). The van der Waals surface area contributed by atoms with E-state index in [4.69, 9.17) is 10.5 Å². The molecule has 1 aliphatic carbocycles. The van der Waals surface area contributed by atoms with E-state index in [0.29, 0.717) is 5.92 Å². The molecule has 2 aromatic heterocycles. The fourth-order valence-electron chi connectivity index (χ4n) is 3.42. The van der Waals surface area contributed by atoms with Crippen LogP contribution in [-0.2, 0) is 0 Å². The molecule has 1 aromatic carbocycles. The van der Waals surface area contributed by atoms with Crippen LogP contribution in [0, 0.1) is 0 Å². The van der Waals surface area contributed by atoms with Gasteiger partial charge in [-0.15, -0.1) is 10.2 Å². The Balaban J connectivity index is 1.67. The Hall–Kier alpha value is -2.40. The zero-order valence-corrected chi connectivity index (χ0v) is 14.0. The van der Waals surface area contributed by atoms with Crippen LogP contribution >= 0.6 is 0 Å². The lowest BCUT2D eigenvalue weighted by atomic mass is 9.86. The molecule has 0 saturated carbocycles. The van der Waals surface area contributed by atoms with Crippen LogP contribution in [0.5, 0.6) is 5.75 Å². The van der Waals surface area contributed by atoms with Crippen LogP contribution in [0.3, 0.4) is 0 Å². The second kappa shape index (κ2) is 5.91. The molecular formula is C19H22N4O. The standard InChI is InChI=1S/C19H22N4O/c1-12(2)19-22-21-18-10-7-13(11-23(18)19)24-17-9-8-16(20)14-5-3-4-6-15(14)17/h3-7,10-12,16-17H,8-9,20H2,1-2H3/t16-,17+/m1/s1. The van der Waals surface area contributed by atoms with Crippen LogP contribution in [0.15, 0.2) is 42.6 Å². The SMILES string of the molecule is CC(C)c1nnc2ccc(O[C@H]3CC[C@@H](N)c4ccccc43)cn12. The molecule has 5 heteroatoms. The Morgan fingerprint density at radius 3 is 2.67 bits per heavy atom. The quantitative estimate of drug-likeness (QED) is 0.797. The molecule has 0 unspecified atom stereocenters. The summed E-state index contributed by atoms with van der Waals surface area (Å²) >= 11 is 0. The van der Waals surface area contributed by atoms with E-state index in [1.807, 2.05) is 34.9 Å². The number of nitrogens with zero attached hydrogens (tertiary/aromatic N) is 3. The van der Waals surface area contributed by atoms with E-state index in [0.717, 1.165) is 30.1 Å². The summed E-state index contributed by atoms with van der Waals surface area (Å²) in [7, 11) is 0. The third kappa shape index (κ3) is 2.55. The first-order chi connectivity index (χ1) is 11.6. The molecule has 124 valence electrons. The first kappa shape index (κ1) is 15.1. The van der Waals surface area contributed by atoms with Gasteiger partial charge in [-0.3, -0.25) is 4.40 Å². The van der Waals surface area contributed by atoms with Crippen LogP contribution in [0.2, 0.25) is 0 Å². The van der Waals surface area contributed by atoms with Gasteiger partial charge in [0.25, 0.3) is 0 Å². The Bertz CT molecular complexity index is 871. The average molecular weight is 322 g/mol. The van der Waals surface area contributed by atoms with Crippen LogP contribution < -0.4 is 10.5 Å². The van der Waals surface area contributed by atoms with Crippen LogP contribution in [0.4, 0.5) is 0 Å². The molecule has 0 bridgehead atoms. The molecule has 2 heterocycles. The van der Waals surface area contributed by atoms with Crippen LogP contribution in [0.25, 0.3) is 5.65 Å². The van der Waals surface area contributed by atoms with E-state index in [1.165, 1.54) is 11.1 Å². The zero-order valence-electron chi connectivity index (χ0n) is 14.0. The van der Waals surface area contributed by atoms with E-state index in [9.17, 15) is 0 Å². The molecule has 0 radical (unpaired) electrons. The van der Waals surface area contributed by atoms with Gasteiger partial charge in [-0.25, -0.2) is 0 Å². The number of hydrogen-bond acceptors (Lipinski definition) is 4. The van der Waals surface area contributed by atoms with Crippen molar-refractivity contribution in [3.05, 3.63) is 59.5 Å². The minimum Gasteiger partial charge on any atom is -0.484 e. The molecule has 5 nitrogen and oxygen atoms in total. The smallest absolute Gasteiger partial charge is 0.161 e. The molecule has 0 fully saturated rings. The summed E-state index contributed by atoms with van der Waals surface area (Å²) in [6, 6.07) is 12.3. The monoisotopic (exact) mass is 322 g/mol. The highest BCUT2D eigenvalue weighted by molar-refractivity contribution is 5.42. The predicted octanol–water partition coefficient (Wildman–Crippen LogP) is 3.77. The minimum atomic E-state index is 0.0393. The third-order valence-electron chi connectivity index (χ3n) is 4.68. The first-order valence-corrected chi connectivity index (χ1v) is 8.49. The minimum absolute atomic E-state index is 0.0393. The van der Waals surface area contributed by atoms with Gasteiger partial charge in [-0.1, -0.05) is 38.1 Å². The molecule has 2 N–H and O–H groups in total. The maximum atomic E-state index is 6.31. The maximum absolute atomic E-state index is 6.31. The summed E-state index contributed by atoms with van der Waals surface area (Å²) in [5, 5.41) is 8.48. The van der Waals surface area contributed by atoms with Gasteiger partial charge in [0.15, 0.2) is 5.65 Å². The molecule has 3 aromatic rings. The number of nitrogens with two attached hydrogens (primary N) is 1. The highest BCUT2D eigenvalue weighted by atomic mass is 16.5. The summed E-state index contributed by atoms with van der Waals surface area (Å²) < 4.78 is 8.32. The van der Waals surface area contributed by atoms with Crippen LogP contribution in [-0.4, -0.2) is 14.6 Å². The molecule has 0 spiro atoms. The van der Waals surface area contributed by atoms with Gasteiger partial charge in [-0.2, -0.15) is 0 Å². The highest BCUT2D eigenvalue weighted by Gasteiger charge is 2.26. The van der Waals surface area contributed by atoms with Crippen molar-refractivity contribution in [3.8, 4) is 5.75 Å². The topological polar surface area (TPSA) is 65.4 Å². The summed E-state index contributed by atoms with van der Waals surface area (Å²) in [6.45, 7) is 4.23. The van der Waals surface area contributed by atoms with Crippen molar-refractivity contribution < 1.29 is 4.74 Å². The van der Waals surface area contributed by atoms with Gasteiger partial charge in [-0.05, 0) is 36.1 Å². The molecule has 24 heavy (non-hydrogen) atoms. The Morgan fingerprint density at radius 2 is 1.88 bits per heavy atom. The van der Waals surface area contributed by atoms with Gasteiger partial charge < -0.3 is 10.5 Å². The summed E-state index contributed by atoms with van der Waals surface area (Å²) in [5.41, 5.74) is 9.48. The van der Waals surface area contributed by atoms with Gasteiger partial charge in [0.05, 0.1) is 6.20 Å². The van der Waals surface area contributed by atoms with Crippen molar-refractivity contribution in [2.45, 2.75) is 44.8 Å². The number of fused-ring (bicyclic) bond motifs is 2. The fraction of sp³-hybridized carbons (Fsp3) is 0.368. The summed E-state index contributed by atoms with van der Waals surface area (Å²) in [4.78, 5) is 0. The lowest BCUT2D eigenvalue weighted by molar-refractivity contribution is 0.176. The van der Waals surface area contributed by atoms with E-state index < -0.39 is 0 Å². The van der Waals surface area contributed by atoms with E-state index in [1.54, 1.807) is 0 Å². The van der Waals surface area contributed by atoms with E-state index >= 15 is 0 Å². The van der Waals surface area contributed by atoms with Crippen molar-refractivity contribution in [2.75, 3.05) is 0 Å². The molecule has 0 saturated heterocycles. The highest BCUT2D eigenvalue weighted by Crippen LogP contribution is 2.37. The van der Waals surface area contributed by atoms with Crippen LogP contribution in [0.1, 0.15) is 61.7 Å². The summed E-state index contributed by atoms with van der Waals surface area (Å²) in [6.07, 6.45) is 3.89. The normalized spacial score (nSPS) is 20.3. The second-order valence-electron chi connectivity index (χ2n) is 6.73. The van der Waals surface area contributed by atoms with Gasteiger partial charge >= 0.3 is 0 Å². The fourth-order valence-corrected chi connectivity index (χ4v) is 3.42. The van der Waals surface area contributed by atoms with Crippen molar-refractivity contribution >= 4 is 5.65 Å². The molecule has 0 amide bonds. The van der Waals surface area contributed by atoms with Gasteiger partial charge in [0, 0.05) is 12.0 Å². The Morgan fingerprint density at radius 1 is 1.08 bits per heavy atom. The van der Waals surface area contributed by atoms with Crippen molar-refractivity contribution in [2.24, 2.45) is 5.73 Å². The van der Waals surface area contributed by atoms with E-state index in [2.05, 4.69) is 36.2 Å². The maximum Gasteiger partial charge on any atom is 0.161 e. The molecule has 1 aliphatic rings. The average Bonchev–Trinajstić information content (AvgIpc) is 3.01. The number of aromatic nitrogens is 3. The number of hydrogen-bond donors (Lipinski definition) is 1. The van der Waals surface area contributed by atoms with Gasteiger partial charge in [0.1, 0.15) is 17.7 Å². The molecule has 2 atom stereocenters. The Labute approximate surface area is 141 Å². The molecular weight excluding hydrogens is 300 g/mol. The predicted molar refractivity (Wildman–Crippen MR) is 93.0 cm³/mol. The third-order valence-corrected chi connectivity index (χ3v) is 4.68. The number of pyridine rings is 1.